The highest BCUT2D eigenvalue weighted by atomic mass is 32.1. The number of ether oxygens (including phenoxy) is 2. The Labute approximate surface area is 202 Å². The van der Waals surface area contributed by atoms with Crippen LogP contribution in [0.2, 0.25) is 0 Å². The Morgan fingerprint density at radius 2 is 1.91 bits per heavy atom. The summed E-state index contributed by atoms with van der Waals surface area (Å²) in [6.45, 7) is 6.11. The van der Waals surface area contributed by atoms with Crippen LogP contribution in [-0.4, -0.2) is 25.1 Å². The van der Waals surface area contributed by atoms with Gasteiger partial charge in [-0.05, 0) is 74.4 Å². The smallest absolute Gasteiger partial charge is 0.291 e. The minimum atomic E-state index is -0.379. The van der Waals surface area contributed by atoms with Gasteiger partial charge >= 0.3 is 0 Å². The van der Waals surface area contributed by atoms with Gasteiger partial charge in [0.25, 0.3) is 5.91 Å². The zero-order valence-corrected chi connectivity index (χ0v) is 20.6. The van der Waals surface area contributed by atoms with Crippen molar-refractivity contribution in [1.29, 1.82) is 0 Å². The van der Waals surface area contributed by atoms with Gasteiger partial charge in [-0.25, -0.2) is 4.98 Å². The number of furan rings is 1. The van der Waals surface area contributed by atoms with Crippen LogP contribution < -0.4 is 20.1 Å². The number of aryl methyl sites for hydroxylation is 2. The molecule has 0 unspecified atom stereocenters. The van der Waals surface area contributed by atoms with Gasteiger partial charge < -0.3 is 24.5 Å². The van der Waals surface area contributed by atoms with Crippen molar-refractivity contribution in [1.82, 2.24) is 4.98 Å². The first kappa shape index (κ1) is 23.4. The van der Waals surface area contributed by atoms with Gasteiger partial charge in [-0.3, -0.25) is 4.79 Å². The number of thiophene rings is 1. The van der Waals surface area contributed by atoms with Crippen LogP contribution in [0.15, 0.2) is 59.3 Å². The molecule has 0 saturated carbocycles. The van der Waals surface area contributed by atoms with Crippen LogP contribution in [0.4, 0.5) is 10.8 Å². The molecule has 8 heteroatoms. The number of benzene rings is 1. The molecule has 0 aliphatic heterocycles. The van der Waals surface area contributed by atoms with E-state index in [2.05, 4.69) is 22.5 Å². The van der Waals surface area contributed by atoms with Crippen LogP contribution in [0.25, 0.3) is 0 Å². The molecule has 1 amide bonds. The zero-order chi connectivity index (χ0) is 24.2. The van der Waals surface area contributed by atoms with Gasteiger partial charge in [0.2, 0.25) is 0 Å². The summed E-state index contributed by atoms with van der Waals surface area (Å²) in [6.07, 6.45) is 3.25. The van der Waals surface area contributed by atoms with Gasteiger partial charge in [-0.1, -0.05) is 0 Å². The fourth-order valence-corrected chi connectivity index (χ4v) is 4.88. The number of amides is 1. The molecule has 7 nitrogen and oxygen atoms in total. The van der Waals surface area contributed by atoms with Crippen molar-refractivity contribution < 1.29 is 18.7 Å². The Kier molecular flexibility index (Phi) is 6.88. The van der Waals surface area contributed by atoms with Crippen LogP contribution >= 0.6 is 11.3 Å². The predicted molar refractivity (Wildman–Crippen MR) is 134 cm³/mol. The van der Waals surface area contributed by atoms with Crippen LogP contribution in [0.1, 0.15) is 43.7 Å². The van der Waals surface area contributed by atoms with E-state index in [0.29, 0.717) is 17.3 Å². The number of aromatic nitrogens is 1. The molecule has 0 bridgehead atoms. The first-order valence-corrected chi connectivity index (χ1v) is 11.6. The monoisotopic (exact) mass is 477 g/mol. The maximum Gasteiger partial charge on any atom is 0.291 e. The topological polar surface area (TPSA) is 85.6 Å². The number of methoxy groups -OCH3 is 2. The number of hydrogen-bond donors (Lipinski definition) is 2. The van der Waals surface area contributed by atoms with Crippen molar-refractivity contribution in [3.63, 3.8) is 0 Å². The number of pyridine rings is 1. The largest absolute Gasteiger partial charge is 0.497 e. The molecular weight excluding hydrogens is 450 g/mol. The second kappa shape index (κ2) is 10.0. The van der Waals surface area contributed by atoms with Gasteiger partial charge in [0.1, 0.15) is 22.3 Å². The Bertz CT molecular complexity index is 1300. The third kappa shape index (κ3) is 4.77. The minimum absolute atomic E-state index is 0.249. The van der Waals surface area contributed by atoms with E-state index in [4.69, 9.17) is 13.9 Å². The van der Waals surface area contributed by atoms with Gasteiger partial charge in [0, 0.05) is 22.2 Å². The SMILES string of the molecule is COc1ccc(OC)c([C@H](Nc2cc(C)ccn2)c2c(NC(=O)c3ccco3)sc(C)c2C)c1. The third-order valence-corrected chi connectivity index (χ3v) is 6.79. The van der Waals surface area contributed by atoms with E-state index in [9.17, 15) is 4.79 Å². The molecule has 34 heavy (non-hydrogen) atoms. The highest BCUT2D eigenvalue weighted by molar-refractivity contribution is 7.16. The summed E-state index contributed by atoms with van der Waals surface area (Å²) in [6, 6.07) is 12.6. The number of nitrogens with one attached hydrogen (secondary N) is 2. The third-order valence-electron chi connectivity index (χ3n) is 5.65. The molecule has 0 aliphatic rings. The molecule has 3 aromatic heterocycles. The second-order valence-corrected chi connectivity index (χ2v) is 9.09. The average molecular weight is 478 g/mol. The molecule has 0 saturated heterocycles. The first-order valence-electron chi connectivity index (χ1n) is 10.8. The molecule has 1 atom stereocenters. The number of carbonyl (C=O) groups excluding carboxylic acids is 1. The maximum absolute atomic E-state index is 12.9. The van der Waals surface area contributed by atoms with Crippen molar-refractivity contribution >= 4 is 28.1 Å². The number of nitrogens with zero attached hydrogens (tertiary/aromatic N) is 1. The molecule has 0 fully saturated rings. The Balaban J connectivity index is 1.86. The summed E-state index contributed by atoms with van der Waals surface area (Å²) < 4.78 is 16.5. The second-order valence-electron chi connectivity index (χ2n) is 7.86. The zero-order valence-electron chi connectivity index (χ0n) is 19.8. The van der Waals surface area contributed by atoms with Gasteiger partial charge in [-0.2, -0.15) is 0 Å². The normalized spacial score (nSPS) is 11.7. The Hall–Kier alpha value is -3.78. The van der Waals surface area contributed by atoms with E-state index < -0.39 is 0 Å². The molecule has 2 N–H and O–H groups in total. The fraction of sp³-hybridized carbons (Fsp3) is 0.231. The minimum Gasteiger partial charge on any atom is -0.497 e. The van der Waals surface area contributed by atoms with E-state index in [1.165, 1.54) is 17.6 Å². The summed E-state index contributed by atoms with van der Waals surface area (Å²) in [4.78, 5) is 18.5. The molecule has 4 aromatic rings. The van der Waals surface area contributed by atoms with E-state index in [1.807, 2.05) is 44.2 Å². The molecule has 0 aliphatic carbocycles. The fourth-order valence-electron chi connectivity index (χ4n) is 3.79. The van der Waals surface area contributed by atoms with Crippen LogP contribution in [0, 0.1) is 20.8 Å². The number of hydrogen-bond acceptors (Lipinski definition) is 7. The average Bonchev–Trinajstić information content (AvgIpc) is 3.46. The molecule has 3 heterocycles. The summed E-state index contributed by atoms with van der Waals surface area (Å²) in [5.41, 5.74) is 3.94. The summed E-state index contributed by atoms with van der Waals surface area (Å²) >= 11 is 1.52. The molecular formula is C26H27N3O4S. The molecule has 176 valence electrons. The summed E-state index contributed by atoms with van der Waals surface area (Å²) in [5, 5.41) is 7.34. The van der Waals surface area contributed by atoms with Crippen molar-refractivity contribution in [3.8, 4) is 11.5 Å². The van der Waals surface area contributed by atoms with Crippen LogP contribution in [0.3, 0.4) is 0 Å². The lowest BCUT2D eigenvalue weighted by atomic mass is 9.95. The van der Waals surface area contributed by atoms with Crippen molar-refractivity contribution in [3.05, 3.63) is 87.8 Å². The Morgan fingerprint density at radius 3 is 2.59 bits per heavy atom. The first-order chi connectivity index (χ1) is 16.4. The number of anilines is 2. The lowest BCUT2D eigenvalue weighted by Gasteiger charge is -2.24. The summed E-state index contributed by atoms with van der Waals surface area (Å²) in [5.74, 6) is 2.04. The molecule has 0 radical (unpaired) electrons. The van der Waals surface area contributed by atoms with Gasteiger partial charge in [-0.15, -0.1) is 11.3 Å². The predicted octanol–water partition coefficient (Wildman–Crippen LogP) is 6.13. The van der Waals surface area contributed by atoms with Gasteiger partial charge in [0.15, 0.2) is 5.76 Å². The maximum atomic E-state index is 12.9. The van der Waals surface area contributed by atoms with Crippen molar-refractivity contribution in [2.45, 2.75) is 26.8 Å². The lowest BCUT2D eigenvalue weighted by molar-refractivity contribution is 0.0997. The van der Waals surface area contributed by atoms with Crippen LogP contribution in [-0.2, 0) is 0 Å². The molecule has 4 rings (SSSR count). The van der Waals surface area contributed by atoms with E-state index >= 15 is 0 Å². The Morgan fingerprint density at radius 1 is 1.09 bits per heavy atom. The summed E-state index contributed by atoms with van der Waals surface area (Å²) in [7, 11) is 3.27. The van der Waals surface area contributed by atoms with Crippen molar-refractivity contribution in [2.75, 3.05) is 24.9 Å². The number of rotatable bonds is 8. The molecule has 0 spiro atoms. The molecule has 1 aromatic carbocycles. The van der Waals surface area contributed by atoms with Crippen LogP contribution in [0.5, 0.6) is 11.5 Å². The van der Waals surface area contributed by atoms with Crippen molar-refractivity contribution in [2.24, 2.45) is 0 Å². The quantitative estimate of drug-likeness (QED) is 0.317. The standard InChI is InChI=1S/C26H27N3O4S/c1-15-10-11-27-22(13-15)28-24(19-14-18(31-4)8-9-20(19)32-5)23-16(2)17(3)34-26(23)29-25(30)21-7-6-12-33-21/h6-14,24H,1-5H3,(H,27,28)(H,29,30)/t24-/m0/s1. The number of carbonyl (C=O) groups is 1. The lowest BCUT2D eigenvalue weighted by Crippen LogP contribution is -2.18. The van der Waals surface area contributed by atoms with E-state index in [-0.39, 0.29) is 17.7 Å². The highest BCUT2D eigenvalue weighted by Gasteiger charge is 2.28. The van der Waals surface area contributed by atoms with E-state index in [1.54, 1.807) is 32.5 Å². The highest BCUT2D eigenvalue weighted by Crippen LogP contribution is 2.44. The van der Waals surface area contributed by atoms with E-state index in [0.717, 1.165) is 32.1 Å². The van der Waals surface area contributed by atoms with Gasteiger partial charge in [0.05, 0.1) is 26.5 Å².